The Morgan fingerprint density at radius 3 is 1.41 bits per heavy atom. The van der Waals surface area contributed by atoms with Gasteiger partial charge < -0.3 is 98.1 Å². The molecule has 1 aromatic rings. The Kier molecular flexibility index (Phi) is 23.8. The van der Waals surface area contributed by atoms with Crippen LogP contribution < -0.4 is 43.0 Å². The molecule has 0 spiro atoms. The van der Waals surface area contributed by atoms with Gasteiger partial charge >= 0.3 is 7.82 Å². The molecule has 11 atom stereocenters. The van der Waals surface area contributed by atoms with Crippen molar-refractivity contribution in [1.82, 2.24) is 51.9 Å². The largest absolute Gasteiger partial charge is 0.508 e. The number of nitrogens with two attached hydrogens (primary N) is 1. The summed E-state index contributed by atoms with van der Waals surface area (Å²) in [5.74, 6) is -11.3. The van der Waals surface area contributed by atoms with Crippen molar-refractivity contribution in [3.05, 3.63) is 29.8 Å². The number of nitrogens with one attached hydrogen (secondary N) is 7. The molecule has 11 amide bonds. The number of carbonyl (C=O) groups is 11. The number of primary amides is 1. The van der Waals surface area contributed by atoms with Gasteiger partial charge in [0.1, 0.15) is 66.2 Å². The van der Waals surface area contributed by atoms with Gasteiger partial charge in [0.15, 0.2) is 0 Å². The number of carbonyl (C=O) groups excluding carboxylic acids is 11. The number of phenolic OH excluding ortho intramolecular Hbond substituents is 1. The van der Waals surface area contributed by atoms with Crippen LogP contribution in [0.2, 0.25) is 0 Å². The number of aromatic hydroxyl groups is 1. The lowest BCUT2D eigenvalue weighted by Crippen LogP contribution is -2.62. The number of likely N-dealkylation sites (tertiary alicyclic amines) is 3. The second-order valence-electron chi connectivity index (χ2n) is 18.6. The quantitative estimate of drug-likeness (QED) is 0.0364. The van der Waals surface area contributed by atoms with Gasteiger partial charge in [0.2, 0.25) is 65.0 Å². The Hall–Kier alpha value is -6.90. The molecular formula is C45H68N11O21P. The van der Waals surface area contributed by atoms with E-state index in [4.69, 9.17) is 5.73 Å². The first-order valence-corrected chi connectivity index (χ1v) is 26.2. The average Bonchev–Trinajstić information content (AvgIpc) is 4.21. The summed E-state index contributed by atoms with van der Waals surface area (Å²) in [5, 5.41) is 76.4. The smallest absolute Gasteiger partial charge is 0.469 e. The maximum Gasteiger partial charge on any atom is 0.469 e. The van der Waals surface area contributed by atoms with Crippen molar-refractivity contribution in [2.75, 3.05) is 52.7 Å². The van der Waals surface area contributed by atoms with E-state index in [0.717, 1.165) is 28.5 Å². The summed E-state index contributed by atoms with van der Waals surface area (Å²) in [6, 6.07) is -10.7. The number of hydrogen-bond donors (Lipinski definition) is 16. The zero-order valence-corrected chi connectivity index (χ0v) is 43.4. The first-order valence-electron chi connectivity index (χ1n) is 24.6. The zero-order chi connectivity index (χ0) is 58.2. The Balaban J connectivity index is 1.49. The molecule has 78 heavy (non-hydrogen) atoms. The van der Waals surface area contributed by atoms with E-state index in [2.05, 4.69) is 41.7 Å². The molecule has 1 aromatic carbocycles. The van der Waals surface area contributed by atoms with Crippen LogP contribution in [0.15, 0.2) is 24.3 Å². The standard InChI is InChI=1S/C45H68N11O21P/c1-22(61)35(42(70)52-31(21-77-78(74,75)76)45(73)56-15-4-6-32(56)39(67)49-27(17-57)36(46)64)53-41(69)34-8-5-14-55(34)44(72)30(20-60)51-37(65)26(16-24-9-11-25(63)12-10-24)48-38(66)28(18-58)50-40(68)33-7-3-13-54(33)43(71)29(19-59)47-23(2)62/h9-12,22,26-35,57-61,63H,3-8,13-21H2,1-2H3,(H2,46,64)(H,47,62)(H,48,66)(H,49,67)(H,50,68)(H,51,65)(H,52,70)(H,53,69)(H2,74,75,76)/t22-,26+,27+,28+,29+,30+,31+,32+,33+,34+,35+/m1/s1. The van der Waals surface area contributed by atoms with Crippen molar-refractivity contribution in [3.63, 3.8) is 0 Å². The molecule has 4 rings (SSSR count). The molecule has 17 N–H and O–H groups in total. The fourth-order valence-corrected chi connectivity index (χ4v) is 9.29. The maximum absolute atomic E-state index is 14.1. The lowest BCUT2D eigenvalue weighted by atomic mass is 10.0. The van der Waals surface area contributed by atoms with Crippen molar-refractivity contribution in [2.24, 2.45) is 5.73 Å². The third-order valence-electron chi connectivity index (χ3n) is 12.9. The minimum atomic E-state index is -5.33. The summed E-state index contributed by atoms with van der Waals surface area (Å²) in [6.07, 6.45) is -1.40. The number of benzene rings is 1. The molecule has 0 aromatic heterocycles. The van der Waals surface area contributed by atoms with Crippen molar-refractivity contribution < 1.29 is 102 Å². The molecule has 0 aliphatic carbocycles. The summed E-state index contributed by atoms with van der Waals surface area (Å²) in [5.41, 5.74) is 5.52. The highest BCUT2D eigenvalue weighted by molar-refractivity contribution is 7.46. The molecule has 0 saturated carbocycles. The van der Waals surface area contributed by atoms with E-state index < -0.39 is 172 Å². The number of nitrogens with zero attached hydrogens (tertiary/aromatic N) is 3. The van der Waals surface area contributed by atoms with Crippen LogP contribution in [-0.4, -0.2) is 239 Å². The third-order valence-corrected chi connectivity index (χ3v) is 13.4. The van der Waals surface area contributed by atoms with Gasteiger partial charge in [-0.1, -0.05) is 12.1 Å². The van der Waals surface area contributed by atoms with Crippen molar-refractivity contribution in [3.8, 4) is 5.75 Å². The fraction of sp³-hybridized carbons (Fsp3) is 0.622. The van der Waals surface area contributed by atoms with Crippen molar-refractivity contribution in [2.45, 2.75) is 125 Å². The van der Waals surface area contributed by atoms with Crippen LogP contribution >= 0.6 is 7.82 Å². The number of phenols is 1. The number of phosphoric ester groups is 1. The molecule has 3 aliphatic heterocycles. The van der Waals surface area contributed by atoms with Crippen LogP contribution in [0.4, 0.5) is 0 Å². The molecular weight excluding hydrogens is 1060 g/mol. The lowest BCUT2D eigenvalue weighted by molar-refractivity contribution is -0.145. The van der Waals surface area contributed by atoms with Crippen LogP contribution in [-0.2, 0) is 68.2 Å². The molecule has 3 heterocycles. The van der Waals surface area contributed by atoms with Crippen LogP contribution in [0.3, 0.4) is 0 Å². The highest BCUT2D eigenvalue weighted by atomic mass is 31.2. The fourth-order valence-electron chi connectivity index (χ4n) is 8.95. The molecule has 0 unspecified atom stereocenters. The van der Waals surface area contributed by atoms with Crippen molar-refractivity contribution in [1.29, 1.82) is 0 Å². The van der Waals surface area contributed by atoms with Crippen LogP contribution in [0.1, 0.15) is 57.9 Å². The van der Waals surface area contributed by atoms with Gasteiger partial charge in [-0.3, -0.25) is 57.3 Å². The minimum absolute atomic E-state index is 0.00577. The number of aliphatic hydroxyl groups excluding tert-OH is 5. The zero-order valence-electron chi connectivity index (χ0n) is 42.5. The van der Waals surface area contributed by atoms with E-state index in [-0.39, 0.29) is 63.9 Å². The summed E-state index contributed by atoms with van der Waals surface area (Å²) in [4.78, 5) is 168. The minimum Gasteiger partial charge on any atom is -0.508 e. The highest BCUT2D eigenvalue weighted by Gasteiger charge is 2.44. The molecule has 3 aliphatic rings. The first kappa shape index (κ1) is 63.6. The van der Waals surface area contributed by atoms with E-state index in [1.807, 2.05) is 0 Å². The van der Waals surface area contributed by atoms with Gasteiger partial charge in [-0.15, -0.1) is 0 Å². The summed E-state index contributed by atoms with van der Waals surface area (Å²) >= 11 is 0. The normalized spacial score (nSPS) is 20.4. The Morgan fingerprint density at radius 1 is 0.590 bits per heavy atom. The van der Waals surface area contributed by atoms with Gasteiger partial charge in [-0.05, 0) is 63.1 Å². The topological polar surface area (TPSA) is 496 Å². The SMILES string of the molecule is CC(=O)N[C@@H](CO)C(=O)N1CCC[C@H]1C(=O)N[C@@H](CO)C(=O)N[C@@H](Cc1ccc(O)cc1)C(=O)N[C@@H](CO)C(=O)N1CCC[C@H]1C(=O)N[C@H](C(=O)N[C@@H](COP(=O)(O)O)C(=O)N1CCC[C@H]1C(=O)N[C@@H](CO)C(N)=O)[C@@H](C)O. The number of rotatable bonds is 27. The molecule has 3 fully saturated rings. The number of hydrogen-bond acceptors (Lipinski definition) is 19. The predicted octanol–water partition coefficient (Wildman–Crippen LogP) is -8.73. The Bertz CT molecular complexity index is 2410. The Labute approximate surface area is 445 Å². The van der Waals surface area contributed by atoms with Crippen LogP contribution in [0, 0.1) is 0 Å². The van der Waals surface area contributed by atoms with Gasteiger partial charge in [0, 0.05) is 33.0 Å². The van der Waals surface area contributed by atoms with Gasteiger partial charge in [-0.25, -0.2) is 4.57 Å². The molecule has 0 radical (unpaired) electrons. The molecule has 3 saturated heterocycles. The summed E-state index contributed by atoms with van der Waals surface area (Å²) < 4.78 is 16.2. The second-order valence-corrected chi connectivity index (χ2v) is 19.9. The van der Waals surface area contributed by atoms with Crippen LogP contribution in [0.25, 0.3) is 0 Å². The second kappa shape index (κ2) is 29.2. The number of amides is 11. The molecule has 0 bridgehead atoms. The molecule has 33 heteroatoms. The number of aliphatic hydroxyl groups is 5. The van der Waals surface area contributed by atoms with E-state index in [0.29, 0.717) is 12.0 Å². The van der Waals surface area contributed by atoms with Gasteiger partial charge in [0.25, 0.3) is 0 Å². The average molecular weight is 1130 g/mol. The predicted molar refractivity (Wildman–Crippen MR) is 262 cm³/mol. The monoisotopic (exact) mass is 1130 g/mol. The summed E-state index contributed by atoms with van der Waals surface area (Å²) in [7, 11) is -5.33. The van der Waals surface area contributed by atoms with E-state index >= 15 is 0 Å². The number of phosphoric acid groups is 1. The maximum atomic E-state index is 14.1. The molecule has 434 valence electrons. The van der Waals surface area contributed by atoms with Gasteiger partial charge in [-0.2, -0.15) is 0 Å². The Morgan fingerprint density at radius 2 is 0.987 bits per heavy atom. The van der Waals surface area contributed by atoms with Gasteiger partial charge in [0.05, 0.1) is 39.1 Å². The van der Waals surface area contributed by atoms with Crippen LogP contribution in [0.5, 0.6) is 5.75 Å². The highest BCUT2D eigenvalue weighted by Crippen LogP contribution is 2.36. The first-order chi connectivity index (χ1) is 36.7. The van der Waals surface area contributed by atoms with E-state index in [1.54, 1.807) is 0 Å². The third kappa shape index (κ3) is 17.6. The lowest BCUT2D eigenvalue weighted by Gasteiger charge is -2.32. The van der Waals surface area contributed by atoms with E-state index in [9.17, 15) is 97.7 Å². The summed E-state index contributed by atoms with van der Waals surface area (Å²) in [6.45, 7) is -3.04. The van der Waals surface area contributed by atoms with E-state index in [1.165, 1.54) is 24.3 Å². The van der Waals surface area contributed by atoms with Crippen molar-refractivity contribution >= 4 is 72.8 Å². The molecule has 32 nitrogen and oxygen atoms in total.